The maximum Gasteiger partial charge on any atom is 0.339 e. The first-order chi connectivity index (χ1) is 17.3. The normalized spacial score (nSPS) is 11.4. The number of amides is 1. The molecule has 4 aromatic rings. The zero-order chi connectivity index (χ0) is 25.5. The number of aromatic nitrogens is 4. The van der Waals surface area contributed by atoms with Crippen molar-refractivity contribution in [3.63, 3.8) is 0 Å². The first-order valence-electron chi connectivity index (χ1n) is 10.4. The zero-order valence-corrected chi connectivity index (χ0v) is 19.6. The minimum atomic E-state index is -4.21. The Morgan fingerprint density at radius 3 is 2.56 bits per heavy atom. The molecule has 0 saturated carbocycles. The van der Waals surface area contributed by atoms with Gasteiger partial charge in [0.25, 0.3) is 5.91 Å². The van der Waals surface area contributed by atoms with E-state index in [1.165, 1.54) is 31.5 Å². The molecule has 0 saturated heterocycles. The van der Waals surface area contributed by atoms with Crippen LogP contribution in [-0.2, 0) is 21.5 Å². The Bertz CT molecular complexity index is 1490. The van der Waals surface area contributed by atoms with Gasteiger partial charge in [0.1, 0.15) is 17.3 Å². The number of hydrogen-bond donors (Lipinski definition) is 1. The standard InChI is InChI=1S/C23H19FN6O5S/c1-34-21-13-16(7-12-20(21)35-36(32,33)19-10-8-18(24)9-11-19)14-25-26-22(31)15-30-28-23(27-29-30)17-5-3-2-4-6-17/h2-14H,15H2,1H3,(H,26,31)/b25-14-. The van der Waals surface area contributed by atoms with Gasteiger partial charge in [-0.05, 0) is 53.2 Å². The molecule has 1 N–H and O–H groups in total. The third-order valence-electron chi connectivity index (χ3n) is 4.66. The van der Waals surface area contributed by atoms with E-state index in [1.54, 1.807) is 0 Å². The molecule has 1 aromatic heterocycles. The molecule has 4 rings (SSSR count). The van der Waals surface area contributed by atoms with Crippen molar-refractivity contribution in [1.82, 2.24) is 25.6 Å². The molecule has 0 aliphatic heterocycles. The van der Waals surface area contributed by atoms with Gasteiger partial charge < -0.3 is 8.92 Å². The number of rotatable bonds is 9. The highest BCUT2D eigenvalue weighted by Crippen LogP contribution is 2.30. The molecule has 11 nitrogen and oxygen atoms in total. The molecule has 13 heteroatoms. The molecule has 0 bridgehead atoms. The van der Waals surface area contributed by atoms with Crippen LogP contribution in [0.1, 0.15) is 5.56 Å². The van der Waals surface area contributed by atoms with E-state index < -0.39 is 21.8 Å². The quantitative estimate of drug-likeness (QED) is 0.206. The summed E-state index contributed by atoms with van der Waals surface area (Å²) in [5.74, 6) is -0.634. The summed E-state index contributed by atoms with van der Waals surface area (Å²) >= 11 is 0. The number of hydrogen-bond acceptors (Lipinski definition) is 9. The molecule has 0 fully saturated rings. The summed E-state index contributed by atoms with van der Waals surface area (Å²) in [6.45, 7) is -0.200. The van der Waals surface area contributed by atoms with Gasteiger partial charge in [0.05, 0.1) is 13.3 Å². The molecule has 36 heavy (non-hydrogen) atoms. The average Bonchev–Trinajstić information content (AvgIpc) is 3.34. The molecular weight excluding hydrogens is 491 g/mol. The Morgan fingerprint density at radius 2 is 1.83 bits per heavy atom. The van der Waals surface area contributed by atoms with Gasteiger partial charge in [-0.25, -0.2) is 9.82 Å². The van der Waals surface area contributed by atoms with Crippen molar-refractivity contribution in [3.05, 3.63) is 84.2 Å². The second kappa shape index (κ2) is 10.7. The Balaban J connectivity index is 1.37. The van der Waals surface area contributed by atoms with Crippen molar-refractivity contribution in [2.75, 3.05) is 7.11 Å². The number of nitrogens with one attached hydrogen (secondary N) is 1. The lowest BCUT2D eigenvalue weighted by molar-refractivity contribution is -0.122. The van der Waals surface area contributed by atoms with E-state index in [-0.39, 0.29) is 22.9 Å². The minimum Gasteiger partial charge on any atom is -0.493 e. The Kier molecular flexibility index (Phi) is 7.30. The van der Waals surface area contributed by atoms with Gasteiger partial charge in [-0.1, -0.05) is 30.3 Å². The van der Waals surface area contributed by atoms with Crippen molar-refractivity contribution in [1.29, 1.82) is 0 Å². The Hall–Kier alpha value is -4.65. The monoisotopic (exact) mass is 510 g/mol. The van der Waals surface area contributed by atoms with Crippen LogP contribution in [-0.4, -0.2) is 47.9 Å². The van der Waals surface area contributed by atoms with Crippen molar-refractivity contribution in [2.24, 2.45) is 5.10 Å². The van der Waals surface area contributed by atoms with Crippen molar-refractivity contribution in [2.45, 2.75) is 11.4 Å². The van der Waals surface area contributed by atoms with Crippen molar-refractivity contribution < 1.29 is 26.5 Å². The number of nitrogens with zero attached hydrogens (tertiary/aromatic N) is 5. The molecule has 1 heterocycles. The molecular formula is C23H19FN6O5S. The summed E-state index contributed by atoms with van der Waals surface area (Å²) in [7, 11) is -2.87. The van der Waals surface area contributed by atoms with Gasteiger partial charge in [-0.2, -0.15) is 18.3 Å². The van der Waals surface area contributed by atoms with Crippen LogP contribution in [0.2, 0.25) is 0 Å². The third kappa shape index (κ3) is 6.07. The summed E-state index contributed by atoms with van der Waals surface area (Å²) in [4.78, 5) is 13.1. The molecule has 0 spiro atoms. The van der Waals surface area contributed by atoms with E-state index in [0.717, 1.165) is 34.6 Å². The molecule has 3 aromatic carbocycles. The molecule has 1 amide bonds. The SMILES string of the molecule is COc1cc(/C=N\NC(=O)Cn2nnc(-c3ccccc3)n2)ccc1OS(=O)(=O)c1ccc(F)cc1. The van der Waals surface area contributed by atoms with E-state index in [1.807, 2.05) is 30.3 Å². The first-order valence-corrected chi connectivity index (χ1v) is 11.8. The average molecular weight is 511 g/mol. The van der Waals surface area contributed by atoms with Gasteiger partial charge in [-0.15, -0.1) is 10.2 Å². The predicted molar refractivity (Wildman–Crippen MR) is 126 cm³/mol. The highest BCUT2D eigenvalue weighted by atomic mass is 32.2. The third-order valence-corrected chi connectivity index (χ3v) is 5.91. The topological polar surface area (TPSA) is 138 Å². The predicted octanol–water partition coefficient (Wildman–Crippen LogP) is 2.41. The highest BCUT2D eigenvalue weighted by Gasteiger charge is 2.19. The minimum absolute atomic E-state index is 0.0745. The fraction of sp³-hybridized carbons (Fsp3) is 0.0870. The van der Waals surface area contributed by atoms with E-state index in [4.69, 9.17) is 8.92 Å². The molecule has 0 aliphatic rings. The summed E-state index contributed by atoms with van der Waals surface area (Å²) in [5.41, 5.74) is 3.61. The van der Waals surface area contributed by atoms with Gasteiger partial charge in [0.2, 0.25) is 5.82 Å². The number of hydrazone groups is 1. The lowest BCUT2D eigenvalue weighted by Crippen LogP contribution is -2.24. The van der Waals surface area contributed by atoms with Gasteiger partial charge in [-0.3, -0.25) is 4.79 Å². The van der Waals surface area contributed by atoms with Crippen LogP contribution in [0, 0.1) is 5.82 Å². The smallest absolute Gasteiger partial charge is 0.339 e. The number of ether oxygens (including phenoxy) is 1. The van der Waals surface area contributed by atoms with Gasteiger partial charge >= 0.3 is 10.1 Å². The number of methoxy groups -OCH3 is 1. The van der Waals surface area contributed by atoms with E-state index in [2.05, 4.69) is 25.9 Å². The van der Waals surface area contributed by atoms with Crippen LogP contribution in [0.3, 0.4) is 0 Å². The number of tetrazole rings is 1. The van der Waals surface area contributed by atoms with Crippen LogP contribution < -0.4 is 14.3 Å². The molecule has 0 aliphatic carbocycles. The number of benzene rings is 3. The summed E-state index contributed by atoms with van der Waals surface area (Å²) in [6.07, 6.45) is 1.34. The van der Waals surface area contributed by atoms with Gasteiger partial charge in [0, 0.05) is 5.56 Å². The van der Waals surface area contributed by atoms with Crippen LogP contribution >= 0.6 is 0 Å². The van der Waals surface area contributed by atoms with E-state index in [9.17, 15) is 17.6 Å². The Labute approximate surface area is 205 Å². The maximum atomic E-state index is 13.1. The first kappa shape index (κ1) is 24.5. The van der Waals surface area contributed by atoms with Crippen molar-refractivity contribution in [3.8, 4) is 22.9 Å². The highest BCUT2D eigenvalue weighted by molar-refractivity contribution is 7.87. The molecule has 184 valence electrons. The maximum absolute atomic E-state index is 13.1. The fourth-order valence-corrected chi connectivity index (χ4v) is 3.90. The van der Waals surface area contributed by atoms with Crippen LogP contribution in [0.5, 0.6) is 11.5 Å². The fourth-order valence-electron chi connectivity index (χ4n) is 2.96. The lowest BCUT2D eigenvalue weighted by atomic mass is 10.2. The van der Waals surface area contributed by atoms with Crippen LogP contribution in [0.4, 0.5) is 4.39 Å². The molecule has 0 unspecified atom stereocenters. The van der Waals surface area contributed by atoms with Crippen LogP contribution in [0.15, 0.2) is 82.8 Å². The summed E-state index contributed by atoms with van der Waals surface area (Å²) in [5, 5.41) is 15.8. The van der Waals surface area contributed by atoms with Gasteiger partial charge in [0.15, 0.2) is 11.5 Å². The number of carbonyl (C=O) groups is 1. The molecule has 0 radical (unpaired) electrons. The second-order valence-electron chi connectivity index (χ2n) is 7.20. The second-order valence-corrected chi connectivity index (χ2v) is 8.75. The zero-order valence-electron chi connectivity index (χ0n) is 18.8. The summed E-state index contributed by atoms with van der Waals surface area (Å²) in [6, 6.07) is 17.8. The number of halogens is 1. The lowest BCUT2D eigenvalue weighted by Gasteiger charge is -2.11. The Morgan fingerprint density at radius 1 is 1.08 bits per heavy atom. The van der Waals surface area contributed by atoms with Crippen molar-refractivity contribution >= 4 is 22.2 Å². The van der Waals surface area contributed by atoms with Crippen LogP contribution in [0.25, 0.3) is 11.4 Å². The number of carbonyl (C=O) groups excluding carboxylic acids is 1. The molecule has 0 atom stereocenters. The summed E-state index contributed by atoms with van der Waals surface area (Å²) < 4.78 is 48.3. The van der Waals surface area contributed by atoms with E-state index in [0.29, 0.717) is 11.4 Å². The largest absolute Gasteiger partial charge is 0.493 e. The van der Waals surface area contributed by atoms with E-state index >= 15 is 0 Å².